The summed E-state index contributed by atoms with van der Waals surface area (Å²) in [6.07, 6.45) is 3.98. The van der Waals surface area contributed by atoms with E-state index in [-0.39, 0.29) is 28.8 Å². The zero-order valence-electron chi connectivity index (χ0n) is 17.2. The number of aliphatic imine (C=N–C) groups is 1. The first-order chi connectivity index (χ1) is 14.5. The molecule has 3 heterocycles. The molecule has 8 nitrogen and oxygen atoms in total. The summed E-state index contributed by atoms with van der Waals surface area (Å²) in [5.74, 6) is 0.369. The van der Waals surface area contributed by atoms with Gasteiger partial charge in [0, 0.05) is 24.6 Å². The quantitative estimate of drug-likeness (QED) is 0.736. The van der Waals surface area contributed by atoms with Crippen molar-refractivity contribution in [1.82, 2.24) is 9.62 Å². The summed E-state index contributed by atoms with van der Waals surface area (Å²) in [6, 6.07) is 6.12. The van der Waals surface area contributed by atoms with Gasteiger partial charge in [0.2, 0.25) is 5.91 Å². The molecule has 0 aliphatic carbocycles. The number of likely N-dealkylation sites (tertiary alicyclic amines) is 1. The van der Waals surface area contributed by atoms with Crippen LogP contribution in [-0.4, -0.2) is 63.7 Å². The van der Waals surface area contributed by atoms with Gasteiger partial charge in [-0.3, -0.25) is 14.5 Å². The smallest absolute Gasteiger partial charge is 0.263 e. The highest BCUT2D eigenvalue weighted by atomic mass is 32.2. The fraction of sp³-hybridized carbons (Fsp3) is 0.619. The van der Waals surface area contributed by atoms with Crippen molar-refractivity contribution in [3.8, 4) is 0 Å². The molecule has 0 radical (unpaired) electrons. The van der Waals surface area contributed by atoms with Crippen LogP contribution in [0.5, 0.6) is 0 Å². The van der Waals surface area contributed by atoms with Gasteiger partial charge in [-0.2, -0.15) is 0 Å². The van der Waals surface area contributed by atoms with Crippen LogP contribution >= 0.6 is 0 Å². The average Bonchev–Trinajstić information content (AvgIpc) is 3.38. The Morgan fingerprint density at radius 3 is 2.83 bits per heavy atom. The van der Waals surface area contributed by atoms with Crippen molar-refractivity contribution in [3.05, 3.63) is 29.8 Å². The van der Waals surface area contributed by atoms with E-state index in [4.69, 9.17) is 9.47 Å². The number of carbonyl (C=O) groups excluding carboxylic acids is 1. The van der Waals surface area contributed by atoms with Crippen molar-refractivity contribution in [2.75, 3.05) is 26.3 Å². The van der Waals surface area contributed by atoms with E-state index in [9.17, 15) is 13.2 Å². The normalized spacial score (nSPS) is 25.8. The van der Waals surface area contributed by atoms with Crippen molar-refractivity contribution in [2.24, 2.45) is 10.9 Å². The molecule has 9 heteroatoms. The number of rotatable bonds is 6. The molecular weight excluding hydrogens is 406 g/mol. The number of piperidine rings is 1. The Kier molecular flexibility index (Phi) is 6.40. The van der Waals surface area contributed by atoms with E-state index in [1.165, 1.54) is 0 Å². The van der Waals surface area contributed by atoms with Crippen LogP contribution in [0.2, 0.25) is 0 Å². The van der Waals surface area contributed by atoms with Gasteiger partial charge in [0.1, 0.15) is 11.9 Å². The summed E-state index contributed by atoms with van der Waals surface area (Å²) >= 11 is 0. The molecule has 0 spiro atoms. The number of nitrogens with one attached hydrogen (secondary N) is 1. The number of amidine groups is 1. The van der Waals surface area contributed by atoms with Gasteiger partial charge in [0.05, 0.1) is 18.1 Å². The van der Waals surface area contributed by atoms with Crippen LogP contribution in [0.3, 0.4) is 0 Å². The molecule has 1 amide bonds. The molecule has 164 valence electrons. The van der Waals surface area contributed by atoms with Gasteiger partial charge >= 0.3 is 0 Å². The summed E-state index contributed by atoms with van der Waals surface area (Å²) in [7, 11) is -3.63. The molecule has 0 saturated carbocycles. The Hall–Kier alpha value is -1.97. The molecule has 3 aliphatic rings. The Balaban J connectivity index is 1.55. The SMILES string of the molecule is CCCCC(N=C1NS(=O)(=O)c2ccccc21)C(=O)N1CCCC(C2OCCO2)C1. The highest BCUT2D eigenvalue weighted by molar-refractivity contribution is 7.90. The highest BCUT2D eigenvalue weighted by Crippen LogP contribution is 2.27. The second kappa shape index (κ2) is 9.03. The lowest BCUT2D eigenvalue weighted by molar-refractivity contribution is -0.140. The molecule has 2 atom stereocenters. The number of ether oxygens (including phenoxy) is 2. The molecule has 30 heavy (non-hydrogen) atoms. The summed E-state index contributed by atoms with van der Waals surface area (Å²) in [5, 5.41) is 0. The standard InChI is InChI=1S/C21H29N3O5S/c1-2-3-9-17(22-19-16-8-4-5-10-18(16)30(26,27)23-19)20(25)24-11-6-7-15(14-24)21-28-12-13-29-21/h4-5,8,10,15,17,21H,2-3,6-7,9,11-14H2,1H3,(H,22,23). The minimum Gasteiger partial charge on any atom is -0.350 e. The first kappa shape index (κ1) is 21.3. The van der Waals surface area contributed by atoms with Gasteiger partial charge < -0.3 is 14.4 Å². The maximum atomic E-state index is 13.4. The second-order valence-corrected chi connectivity index (χ2v) is 9.68. The summed E-state index contributed by atoms with van der Waals surface area (Å²) in [4.78, 5) is 20.1. The van der Waals surface area contributed by atoms with Crippen molar-refractivity contribution in [2.45, 2.75) is 56.3 Å². The van der Waals surface area contributed by atoms with Crippen molar-refractivity contribution in [1.29, 1.82) is 0 Å². The van der Waals surface area contributed by atoms with Crippen molar-refractivity contribution in [3.63, 3.8) is 0 Å². The molecule has 2 fully saturated rings. The average molecular weight is 436 g/mol. The maximum absolute atomic E-state index is 13.4. The lowest BCUT2D eigenvalue weighted by atomic mass is 9.96. The zero-order valence-corrected chi connectivity index (χ0v) is 18.1. The Labute approximate surface area is 177 Å². The number of carbonyl (C=O) groups is 1. The van der Waals surface area contributed by atoms with Crippen LogP contribution in [0.25, 0.3) is 0 Å². The number of sulfonamides is 1. The van der Waals surface area contributed by atoms with Gasteiger partial charge in [0.15, 0.2) is 6.29 Å². The lowest BCUT2D eigenvalue weighted by Gasteiger charge is -2.36. The number of hydrogen-bond donors (Lipinski definition) is 1. The van der Waals surface area contributed by atoms with Crippen molar-refractivity contribution < 1.29 is 22.7 Å². The minimum atomic E-state index is -3.63. The van der Waals surface area contributed by atoms with Crippen LogP contribution in [-0.2, 0) is 24.3 Å². The largest absolute Gasteiger partial charge is 0.350 e. The Morgan fingerprint density at radius 1 is 1.30 bits per heavy atom. The topological polar surface area (TPSA) is 97.3 Å². The number of nitrogens with zero attached hydrogens (tertiary/aromatic N) is 2. The first-order valence-corrected chi connectivity index (χ1v) is 12.2. The molecule has 0 bridgehead atoms. The Morgan fingerprint density at radius 2 is 2.07 bits per heavy atom. The minimum absolute atomic E-state index is 0.0535. The fourth-order valence-electron chi connectivity index (χ4n) is 4.32. The van der Waals surface area contributed by atoms with Gasteiger partial charge in [0.25, 0.3) is 10.0 Å². The van der Waals surface area contributed by atoms with Crippen LogP contribution in [0.1, 0.15) is 44.6 Å². The van der Waals surface area contributed by atoms with Gasteiger partial charge in [-0.05, 0) is 31.4 Å². The molecule has 0 aromatic heterocycles. The summed E-state index contributed by atoms with van der Waals surface area (Å²) in [5.41, 5.74) is 0.524. The van der Waals surface area contributed by atoms with E-state index in [0.717, 1.165) is 25.7 Å². The summed E-state index contributed by atoms with van der Waals surface area (Å²) < 4.78 is 38.6. The maximum Gasteiger partial charge on any atom is 0.263 e. The van der Waals surface area contributed by atoms with E-state index in [2.05, 4.69) is 16.6 Å². The van der Waals surface area contributed by atoms with Crippen molar-refractivity contribution >= 4 is 21.8 Å². The number of amides is 1. The predicted molar refractivity (Wildman–Crippen MR) is 112 cm³/mol. The number of benzene rings is 1. The number of fused-ring (bicyclic) bond motifs is 1. The second-order valence-electron chi connectivity index (χ2n) is 8.03. The van der Waals surface area contributed by atoms with Crippen LogP contribution < -0.4 is 4.72 Å². The number of hydrogen-bond acceptors (Lipinski definition) is 6. The molecular formula is C21H29N3O5S. The molecule has 4 rings (SSSR count). The van der Waals surface area contributed by atoms with Crippen LogP contribution in [0.15, 0.2) is 34.2 Å². The molecule has 1 aromatic rings. The molecule has 1 N–H and O–H groups in total. The third-order valence-corrected chi connectivity index (χ3v) is 7.26. The predicted octanol–water partition coefficient (Wildman–Crippen LogP) is 1.90. The van der Waals surface area contributed by atoms with Gasteiger partial charge in [-0.25, -0.2) is 8.42 Å². The molecule has 2 saturated heterocycles. The molecule has 3 aliphatic heterocycles. The van der Waals surface area contributed by atoms with Gasteiger partial charge in [-0.1, -0.05) is 31.9 Å². The Bertz CT molecular complexity index is 911. The van der Waals surface area contributed by atoms with E-state index in [0.29, 0.717) is 38.3 Å². The van der Waals surface area contributed by atoms with E-state index < -0.39 is 16.1 Å². The van der Waals surface area contributed by atoms with Gasteiger partial charge in [-0.15, -0.1) is 0 Å². The lowest BCUT2D eigenvalue weighted by Crippen LogP contribution is -2.47. The monoisotopic (exact) mass is 435 g/mol. The highest BCUT2D eigenvalue weighted by Gasteiger charge is 2.36. The summed E-state index contributed by atoms with van der Waals surface area (Å²) in [6.45, 7) is 4.52. The number of unbranched alkanes of at least 4 members (excludes halogenated alkanes) is 1. The van der Waals surface area contributed by atoms with E-state index in [1.54, 1.807) is 24.3 Å². The van der Waals surface area contributed by atoms with E-state index >= 15 is 0 Å². The van der Waals surface area contributed by atoms with Crippen LogP contribution in [0, 0.1) is 5.92 Å². The fourth-order valence-corrected chi connectivity index (χ4v) is 5.56. The third kappa shape index (κ3) is 4.38. The third-order valence-electron chi connectivity index (χ3n) is 5.87. The molecule has 1 aromatic carbocycles. The van der Waals surface area contributed by atoms with E-state index in [1.807, 2.05) is 4.90 Å². The first-order valence-electron chi connectivity index (χ1n) is 10.7. The molecule has 2 unspecified atom stereocenters. The van der Waals surface area contributed by atoms with Crippen LogP contribution in [0.4, 0.5) is 0 Å². The zero-order chi connectivity index (χ0) is 21.1.